The molecule has 1 aromatic rings. The predicted octanol–water partition coefficient (Wildman–Crippen LogP) is 1.77. The third-order valence-corrected chi connectivity index (χ3v) is 2.95. The van der Waals surface area contributed by atoms with Gasteiger partial charge >= 0.3 is 0 Å². The summed E-state index contributed by atoms with van der Waals surface area (Å²) in [7, 11) is 1.75. The average Bonchev–Trinajstić information content (AvgIpc) is 2.55. The van der Waals surface area contributed by atoms with E-state index < -0.39 is 0 Å². The van der Waals surface area contributed by atoms with Crippen LogP contribution in [0.3, 0.4) is 0 Å². The van der Waals surface area contributed by atoms with Crippen LogP contribution in [0.2, 0.25) is 0 Å². The molecule has 2 rings (SSSR count). The van der Waals surface area contributed by atoms with E-state index in [-0.39, 0.29) is 18.2 Å². The van der Waals surface area contributed by atoms with Crippen molar-refractivity contribution in [3.63, 3.8) is 0 Å². The molecule has 0 unspecified atom stereocenters. The number of carbonyl (C=O) groups is 2. The van der Waals surface area contributed by atoms with Crippen LogP contribution in [-0.2, 0) is 16.0 Å². The van der Waals surface area contributed by atoms with E-state index in [1.807, 2.05) is 12.1 Å². The lowest BCUT2D eigenvalue weighted by Crippen LogP contribution is -2.20. The first-order valence-electron chi connectivity index (χ1n) is 5.37. The van der Waals surface area contributed by atoms with Gasteiger partial charge in [-0.1, -0.05) is 0 Å². The molecule has 0 saturated heterocycles. The Hall–Kier alpha value is -1.55. The highest BCUT2D eigenvalue weighted by atomic mass is 35.5. The van der Waals surface area contributed by atoms with Gasteiger partial charge in [0.2, 0.25) is 11.8 Å². The van der Waals surface area contributed by atoms with E-state index in [2.05, 4.69) is 5.32 Å². The summed E-state index contributed by atoms with van der Waals surface area (Å²) in [5.41, 5.74) is 2.56. The van der Waals surface area contributed by atoms with Gasteiger partial charge in [0.1, 0.15) is 0 Å². The zero-order chi connectivity index (χ0) is 12.4. The van der Waals surface area contributed by atoms with Crippen LogP contribution in [0.4, 0.5) is 11.4 Å². The first kappa shape index (κ1) is 11.9. The zero-order valence-corrected chi connectivity index (χ0v) is 10.3. The molecule has 2 amide bonds. The number of anilines is 2. The molecule has 0 aromatic heterocycles. The largest absolute Gasteiger partial charge is 0.326 e. The fourth-order valence-electron chi connectivity index (χ4n) is 1.86. The van der Waals surface area contributed by atoms with Gasteiger partial charge in [-0.05, 0) is 23.8 Å². The standard InChI is InChI=1S/C12H13ClN2O2/c1-15-10-3-2-9(14-11(16)4-5-13)6-8(10)7-12(15)17/h2-3,6H,4-5,7H2,1H3,(H,14,16). The zero-order valence-electron chi connectivity index (χ0n) is 9.50. The number of nitrogens with one attached hydrogen (secondary N) is 1. The maximum Gasteiger partial charge on any atom is 0.231 e. The molecule has 4 nitrogen and oxygen atoms in total. The molecule has 0 aliphatic carbocycles. The Kier molecular flexibility index (Phi) is 3.33. The Morgan fingerprint density at radius 2 is 2.29 bits per heavy atom. The molecule has 0 bridgehead atoms. The van der Waals surface area contributed by atoms with E-state index in [4.69, 9.17) is 11.6 Å². The van der Waals surface area contributed by atoms with Gasteiger partial charge < -0.3 is 10.2 Å². The van der Waals surface area contributed by atoms with Crippen LogP contribution in [0.1, 0.15) is 12.0 Å². The van der Waals surface area contributed by atoms with Gasteiger partial charge in [-0.2, -0.15) is 0 Å². The first-order valence-corrected chi connectivity index (χ1v) is 5.90. The Labute approximate surface area is 105 Å². The van der Waals surface area contributed by atoms with Gasteiger partial charge in [-0.3, -0.25) is 9.59 Å². The number of fused-ring (bicyclic) bond motifs is 1. The number of likely N-dealkylation sites (N-methyl/N-ethyl adjacent to an activating group) is 1. The summed E-state index contributed by atoms with van der Waals surface area (Å²) >= 11 is 5.48. The molecule has 0 fully saturated rings. The second kappa shape index (κ2) is 4.75. The Balaban J connectivity index is 2.16. The lowest BCUT2D eigenvalue weighted by Gasteiger charge is -2.10. The fraction of sp³-hybridized carbons (Fsp3) is 0.333. The van der Waals surface area contributed by atoms with Crippen molar-refractivity contribution in [2.24, 2.45) is 0 Å². The van der Waals surface area contributed by atoms with Crippen molar-refractivity contribution in [3.8, 4) is 0 Å². The molecule has 1 aromatic carbocycles. The number of hydrogen-bond acceptors (Lipinski definition) is 2. The van der Waals surface area contributed by atoms with Crippen LogP contribution in [0.25, 0.3) is 0 Å². The number of nitrogens with zero attached hydrogens (tertiary/aromatic N) is 1. The van der Waals surface area contributed by atoms with Crippen molar-refractivity contribution >= 4 is 34.8 Å². The third kappa shape index (κ3) is 2.42. The van der Waals surface area contributed by atoms with Gasteiger partial charge in [0.25, 0.3) is 0 Å². The summed E-state index contributed by atoms with van der Waals surface area (Å²) in [5, 5.41) is 2.75. The maximum atomic E-state index is 11.5. The van der Waals surface area contributed by atoms with Crippen LogP contribution in [0, 0.1) is 0 Å². The van der Waals surface area contributed by atoms with Crippen LogP contribution in [0.15, 0.2) is 18.2 Å². The van der Waals surface area contributed by atoms with Gasteiger partial charge in [-0.15, -0.1) is 11.6 Å². The Morgan fingerprint density at radius 1 is 1.53 bits per heavy atom. The van der Waals surface area contributed by atoms with E-state index >= 15 is 0 Å². The molecule has 90 valence electrons. The number of halogens is 1. The van der Waals surface area contributed by atoms with E-state index in [9.17, 15) is 9.59 Å². The number of benzene rings is 1. The van der Waals surface area contributed by atoms with E-state index in [0.29, 0.717) is 18.0 Å². The van der Waals surface area contributed by atoms with Gasteiger partial charge in [0.05, 0.1) is 6.42 Å². The molecule has 0 radical (unpaired) electrons. The van der Waals surface area contributed by atoms with Gasteiger partial charge in [0.15, 0.2) is 0 Å². The molecular weight excluding hydrogens is 240 g/mol. The molecule has 1 heterocycles. The SMILES string of the molecule is CN1C(=O)Cc2cc(NC(=O)CCCl)ccc21. The monoisotopic (exact) mass is 252 g/mol. The Bertz CT molecular complexity index is 474. The molecule has 5 heteroatoms. The quantitative estimate of drug-likeness (QED) is 0.834. The minimum absolute atomic E-state index is 0.0734. The van der Waals surface area contributed by atoms with E-state index in [0.717, 1.165) is 11.3 Å². The molecular formula is C12H13ClN2O2. The highest BCUT2D eigenvalue weighted by Gasteiger charge is 2.23. The Morgan fingerprint density at radius 3 is 3.00 bits per heavy atom. The second-order valence-electron chi connectivity index (χ2n) is 3.96. The summed E-state index contributed by atoms with van der Waals surface area (Å²) in [6.45, 7) is 0. The van der Waals surface area contributed by atoms with Gasteiger partial charge in [0, 0.05) is 30.7 Å². The molecule has 1 aliphatic rings. The molecule has 0 spiro atoms. The van der Waals surface area contributed by atoms with Crippen molar-refractivity contribution in [3.05, 3.63) is 23.8 Å². The van der Waals surface area contributed by atoms with Crippen LogP contribution < -0.4 is 10.2 Å². The third-order valence-electron chi connectivity index (χ3n) is 2.76. The van der Waals surface area contributed by atoms with Crippen LogP contribution >= 0.6 is 11.6 Å². The average molecular weight is 253 g/mol. The van der Waals surface area contributed by atoms with Crippen LogP contribution in [0.5, 0.6) is 0 Å². The lowest BCUT2D eigenvalue weighted by atomic mass is 10.1. The molecule has 17 heavy (non-hydrogen) atoms. The smallest absolute Gasteiger partial charge is 0.231 e. The van der Waals surface area contributed by atoms with Crippen molar-refractivity contribution in [1.82, 2.24) is 0 Å². The molecule has 0 saturated carbocycles. The predicted molar refractivity (Wildman–Crippen MR) is 67.5 cm³/mol. The van der Waals surface area contributed by atoms with E-state index in [1.54, 1.807) is 18.0 Å². The summed E-state index contributed by atoms with van der Waals surface area (Å²) in [4.78, 5) is 24.5. The van der Waals surface area contributed by atoms with Crippen molar-refractivity contribution in [2.45, 2.75) is 12.8 Å². The lowest BCUT2D eigenvalue weighted by molar-refractivity contribution is -0.117. The molecule has 1 aliphatic heterocycles. The molecule has 1 N–H and O–H groups in total. The summed E-state index contributed by atoms with van der Waals surface area (Å²) < 4.78 is 0. The second-order valence-corrected chi connectivity index (χ2v) is 4.34. The van der Waals surface area contributed by atoms with E-state index in [1.165, 1.54) is 0 Å². The summed E-state index contributed by atoms with van der Waals surface area (Å²) in [6.07, 6.45) is 0.683. The maximum absolute atomic E-state index is 11.5. The molecule has 0 atom stereocenters. The number of alkyl halides is 1. The van der Waals surface area contributed by atoms with Crippen LogP contribution in [-0.4, -0.2) is 24.7 Å². The highest BCUT2D eigenvalue weighted by molar-refractivity contribution is 6.19. The minimum Gasteiger partial charge on any atom is -0.326 e. The van der Waals surface area contributed by atoms with Gasteiger partial charge in [-0.25, -0.2) is 0 Å². The number of amides is 2. The van der Waals surface area contributed by atoms with Crippen molar-refractivity contribution in [1.29, 1.82) is 0 Å². The number of rotatable bonds is 3. The first-order chi connectivity index (χ1) is 8.11. The fourth-order valence-corrected chi connectivity index (χ4v) is 2.03. The van der Waals surface area contributed by atoms with Crippen molar-refractivity contribution in [2.75, 3.05) is 23.1 Å². The number of hydrogen-bond donors (Lipinski definition) is 1. The summed E-state index contributed by atoms with van der Waals surface area (Å²) in [5.74, 6) is 0.264. The number of carbonyl (C=O) groups excluding carboxylic acids is 2. The normalized spacial score (nSPS) is 13.8. The topological polar surface area (TPSA) is 49.4 Å². The van der Waals surface area contributed by atoms with Crippen molar-refractivity contribution < 1.29 is 9.59 Å². The highest BCUT2D eigenvalue weighted by Crippen LogP contribution is 2.29. The minimum atomic E-state index is -0.113. The summed E-state index contributed by atoms with van der Waals surface area (Å²) in [6, 6.07) is 5.47.